The van der Waals surface area contributed by atoms with Gasteiger partial charge in [-0.3, -0.25) is 0 Å². The molecule has 0 aromatic heterocycles. The average molecular weight is 164 g/mol. The van der Waals surface area contributed by atoms with Crippen LogP contribution in [0.5, 0.6) is 0 Å². The Kier molecular flexibility index (Phi) is 2.88. The van der Waals surface area contributed by atoms with E-state index in [0.29, 0.717) is 0 Å². The molecule has 0 bridgehead atoms. The Morgan fingerprint density at radius 1 is 1.17 bits per heavy atom. The van der Waals surface area contributed by atoms with E-state index in [0.717, 1.165) is 0 Å². The molecule has 1 aromatic carbocycles. The minimum absolute atomic E-state index is 0.228. The molecule has 12 heavy (non-hydrogen) atoms. The number of rotatable bonds is 2. The van der Waals surface area contributed by atoms with Crippen LogP contribution in [-0.4, -0.2) is 11.2 Å². The zero-order valence-electron chi connectivity index (χ0n) is 7.91. The third-order valence-corrected chi connectivity index (χ3v) is 2.40. The van der Waals surface area contributed by atoms with Gasteiger partial charge in [-0.15, -0.1) is 0 Å². The zero-order valence-corrected chi connectivity index (χ0v) is 7.91. The fourth-order valence-electron chi connectivity index (χ4n) is 1.36. The predicted molar refractivity (Wildman–Crippen MR) is 51.3 cm³/mol. The molecule has 1 rings (SSSR count). The molecular weight excluding hydrogens is 148 g/mol. The molecule has 0 aliphatic rings. The van der Waals surface area contributed by atoms with Crippen LogP contribution in [0.3, 0.4) is 0 Å². The van der Waals surface area contributed by atoms with Gasteiger partial charge in [-0.2, -0.15) is 0 Å². The van der Waals surface area contributed by atoms with Crippen molar-refractivity contribution in [3.63, 3.8) is 0 Å². The van der Waals surface area contributed by atoms with Crippen molar-refractivity contribution >= 4 is 0 Å². The number of hydrogen-bond acceptors (Lipinski definition) is 1. The molecular formula is C11H16O. The molecule has 0 heterocycles. The van der Waals surface area contributed by atoms with E-state index < -0.39 is 0 Å². The van der Waals surface area contributed by atoms with Crippen LogP contribution in [0.1, 0.15) is 30.9 Å². The van der Waals surface area contributed by atoms with E-state index >= 15 is 0 Å². The Balaban J connectivity index is 2.94. The van der Waals surface area contributed by atoms with E-state index in [4.69, 9.17) is 0 Å². The lowest BCUT2D eigenvalue weighted by atomic mass is 9.93. The van der Waals surface area contributed by atoms with Crippen molar-refractivity contribution in [2.75, 3.05) is 0 Å². The van der Waals surface area contributed by atoms with Gasteiger partial charge < -0.3 is 5.11 Å². The highest BCUT2D eigenvalue weighted by molar-refractivity contribution is 5.29. The summed E-state index contributed by atoms with van der Waals surface area (Å²) in [5, 5.41) is 9.40. The molecule has 0 fully saturated rings. The van der Waals surface area contributed by atoms with E-state index in [1.165, 1.54) is 11.1 Å². The highest BCUT2D eigenvalue weighted by Gasteiger charge is 2.12. The first-order chi connectivity index (χ1) is 5.63. The molecule has 1 nitrogen and oxygen atoms in total. The highest BCUT2D eigenvalue weighted by atomic mass is 16.3. The summed E-state index contributed by atoms with van der Waals surface area (Å²) in [6.45, 7) is 5.96. The molecule has 1 N–H and O–H groups in total. The molecule has 0 spiro atoms. The minimum atomic E-state index is -0.272. The molecule has 0 aliphatic heterocycles. The van der Waals surface area contributed by atoms with Gasteiger partial charge in [0, 0.05) is 5.92 Å². The van der Waals surface area contributed by atoms with Crippen molar-refractivity contribution in [3.05, 3.63) is 35.4 Å². The van der Waals surface area contributed by atoms with E-state index in [1.807, 2.05) is 26.0 Å². The van der Waals surface area contributed by atoms with Gasteiger partial charge in [0.2, 0.25) is 0 Å². The van der Waals surface area contributed by atoms with Crippen molar-refractivity contribution < 1.29 is 5.11 Å². The molecule has 0 unspecified atom stereocenters. The Morgan fingerprint density at radius 2 is 1.75 bits per heavy atom. The molecule has 0 amide bonds. The van der Waals surface area contributed by atoms with Crippen molar-refractivity contribution in [2.45, 2.75) is 32.8 Å². The summed E-state index contributed by atoms with van der Waals surface area (Å²) >= 11 is 0. The largest absolute Gasteiger partial charge is 0.393 e. The quantitative estimate of drug-likeness (QED) is 0.712. The number of hydrogen-bond donors (Lipinski definition) is 1. The SMILES string of the molecule is Cc1ccccc1[C@@H](C)[C@@H](C)O. The third kappa shape index (κ3) is 1.86. The number of aliphatic hydroxyl groups is 1. The molecule has 0 saturated heterocycles. The Hall–Kier alpha value is -0.820. The number of aliphatic hydroxyl groups excluding tert-OH is 1. The van der Waals surface area contributed by atoms with Crippen molar-refractivity contribution in [1.82, 2.24) is 0 Å². The van der Waals surface area contributed by atoms with Crippen LogP contribution in [-0.2, 0) is 0 Å². The van der Waals surface area contributed by atoms with Crippen LogP contribution >= 0.6 is 0 Å². The summed E-state index contributed by atoms with van der Waals surface area (Å²) in [4.78, 5) is 0. The lowest BCUT2D eigenvalue weighted by molar-refractivity contribution is 0.168. The lowest BCUT2D eigenvalue weighted by Crippen LogP contribution is -2.11. The van der Waals surface area contributed by atoms with Crippen molar-refractivity contribution in [3.8, 4) is 0 Å². The van der Waals surface area contributed by atoms with Gasteiger partial charge in [0.1, 0.15) is 0 Å². The maximum atomic E-state index is 9.40. The van der Waals surface area contributed by atoms with Gasteiger partial charge in [-0.05, 0) is 25.0 Å². The van der Waals surface area contributed by atoms with E-state index in [9.17, 15) is 5.11 Å². The molecule has 2 atom stereocenters. The van der Waals surface area contributed by atoms with Crippen LogP contribution in [0.4, 0.5) is 0 Å². The topological polar surface area (TPSA) is 20.2 Å². The standard InChI is InChI=1S/C11H16O/c1-8-6-4-5-7-11(8)9(2)10(3)12/h4-7,9-10,12H,1-3H3/t9-,10+/m0/s1. The van der Waals surface area contributed by atoms with Gasteiger partial charge in [0.25, 0.3) is 0 Å². The van der Waals surface area contributed by atoms with Gasteiger partial charge in [0.15, 0.2) is 0 Å². The van der Waals surface area contributed by atoms with E-state index in [-0.39, 0.29) is 12.0 Å². The molecule has 1 heteroatoms. The van der Waals surface area contributed by atoms with Crippen LogP contribution in [0.2, 0.25) is 0 Å². The first-order valence-electron chi connectivity index (χ1n) is 4.36. The van der Waals surface area contributed by atoms with Crippen molar-refractivity contribution in [2.24, 2.45) is 0 Å². The van der Waals surface area contributed by atoms with Crippen LogP contribution in [0.25, 0.3) is 0 Å². The molecule has 0 radical (unpaired) electrons. The fourth-order valence-corrected chi connectivity index (χ4v) is 1.36. The highest BCUT2D eigenvalue weighted by Crippen LogP contribution is 2.21. The van der Waals surface area contributed by atoms with Crippen LogP contribution < -0.4 is 0 Å². The Morgan fingerprint density at radius 3 is 2.25 bits per heavy atom. The van der Waals surface area contributed by atoms with Gasteiger partial charge in [-0.25, -0.2) is 0 Å². The summed E-state index contributed by atoms with van der Waals surface area (Å²) in [5.41, 5.74) is 2.50. The smallest absolute Gasteiger partial charge is 0.0578 e. The van der Waals surface area contributed by atoms with Gasteiger partial charge in [0.05, 0.1) is 6.10 Å². The first kappa shape index (κ1) is 9.27. The normalized spacial score (nSPS) is 15.7. The molecule has 66 valence electrons. The second-order valence-corrected chi connectivity index (χ2v) is 3.39. The van der Waals surface area contributed by atoms with Crippen LogP contribution in [0, 0.1) is 6.92 Å². The summed E-state index contributed by atoms with van der Waals surface area (Å²) < 4.78 is 0. The van der Waals surface area contributed by atoms with Crippen LogP contribution in [0.15, 0.2) is 24.3 Å². The number of benzene rings is 1. The summed E-state index contributed by atoms with van der Waals surface area (Å²) in [5.74, 6) is 0.228. The fraction of sp³-hybridized carbons (Fsp3) is 0.455. The first-order valence-corrected chi connectivity index (χ1v) is 4.36. The molecule has 0 saturated carbocycles. The monoisotopic (exact) mass is 164 g/mol. The maximum absolute atomic E-state index is 9.40. The summed E-state index contributed by atoms with van der Waals surface area (Å²) in [6, 6.07) is 8.19. The Labute approximate surface area is 74.1 Å². The van der Waals surface area contributed by atoms with Gasteiger partial charge in [-0.1, -0.05) is 31.2 Å². The van der Waals surface area contributed by atoms with Crippen molar-refractivity contribution in [1.29, 1.82) is 0 Å². The predicted octanol–water partition coefficient (Wildman–Crippen LogP) is 2.48. The average Bonchev–Trinajstić information content (AvgIpc) is 2.04. The lowest BCUT2D eigenvalue weighted by Gasteiger charge is -2.16. The summed E-state index contributed by atoms with van der Waals surface area (Å²) in [7, 11) is 0. The second-order valence-electron chi connectivity index (χ2n) is 3.39. The number of aryl methyl sites for hydroxylation is 1. The minimum Gasteiger partial charge on any atom is -0.393 e. The summed E-state index contributed by atoms with van der Waals surface area (Å²) in [6.07, 6.45) is -0.272. The molecule has 0 aliphatic carbocycles. The Bertz CT molecular complexity index is 253. The van der Waals surface area contributed by atoms with Gasteiger partial charge >= 0.3 is 0 Å². The zero-order chi connectivity index (χ0) is 9.14. The van der Waals surface area contributed by atoms with E-state index in [2.05, 4.69) is 19.1 Å². The van der Waals surface area contributed by atoms with E-state index in [1.54, 1.807) is 0 Å². The second kappa shape index (κ2) is 3.72. The molecule has 1 aromatic rings. The third-order valence-electron chi connectivity index (χ3n) is 2.40. The maximum Gasteiger partial charge on any atom is 0.0578 e.